The number of hydrogen-bond donors (Lipinski definition) is 1. The van der Waals surface area contributed by atoms with Crippen LogP contribution in [0.4, 0.5) is 5.69 Å². The number of carbonyl (C=O) groups excluding carboxylic acids is 2. The van der Waals surface area contributed by atoms with Crippen LogP contribution in [0.5, 0.6) is 5.88 Å². The average molecular weight is 395 g/mol. The van der Waals surface area contributed by atoms with Crippen molar-refractivity contribution < 1.29 is 19.1 Å². The zero-order chi connectivity index (χ0) is 20.1. The second-order valence-corrected chi connectivity index (χ2v) is 7.43. The van der Waals surface area contributed by atoms with Crippen molar-refractivity contribution in [2.45, 2.75) is 25.4 Å². The number of para-hydroxylation sites is 1. The van der Waals surface area contributed by atoms with Crippen molar-refractivity contribution in [1.29, 1.82) is 0 Å². The Morgan fingerprint density at radius 3 is 2.69 bits per heavy atom. The van der Waals surface area contributed by atoms with Gasteiger partial charge in [-0.05, 0) is 18.2 Å². The summed E-state index contributed by atoms with van der Waals surface area (Å²) in [5.74, 6) is 0.511. The number of ether oxygens (including phenoxy) is 2. The van der Waals surface area contributed by atoms with Gasteiger partial charge in [-0.1, -0.05) is 18.2 Å². The lowest BCUT2D eigenvalue weighted by Gasteiger charge is -2.22. The van der Waals surface area contributed by atoms with E-state index >= 15 is 0 Å². The third-order valence-corrected chi connectivity index (χ3v) is 5.28. The van der Waals surface area contributed by atoms with Crippen LogP contribution in [0.3, 0.4) is 0 Å². The Morgan fingerprint density at radius 1 is 1.17 bits per heavy atom. The highest BCUT2D eigenvalue weighted by molar-refractivity contribution is 5.96. The SMILES string of the molecule is O=C(NCC1CC(=O)N(c2ccccc2)C1)c1ccc(OC2CCOCC2)nc1. The third kappa shape index (κ3) is 4.92. The Morgan fingerprint density at radius 2 is 1.97 bits per heavy atom. The molecule has 1 aromatic heterocycles. The Labute approximate surface area is 170 Å². The highest BCUT2D eigenvalue weighted by atomic mass is 16.5. The Balaban J connectivity index is 1.27. The van der Waals surface area contributed by atoms with Gasteiger partial charge in [-0.15, -0.1) is 0 Å². The molecular weight excluding hydrogens is 370 g/mol. The number of anilines is 1. The maximum Gasteiger partial charge on any atom is 0.252 e. The first-order chi connectivity index (χ1) is 14.2. The van der Waals surface area contributed by atoms with Crippen LogP contribution in [0.15, 0.2) is 48.7 Å². The lowest BCUT2D eigenvalue weighted by Crippen LogP contribution is -2.31. The molecule has 7 nitrogen and oxygen atoms in total. The number of benzene rings is 1. The van der Waals surface area contributed by atoms with Gasteiger partial charge in [-0.3, -0.25) is 9.59 Å². The van der Waals surface area contributed by atoms with Crippen LogP contribution < -0.4 is 15.0 Å². The van der Waals surface area contributed by atoms with E-state index in [0.29, 0.717) is 44.2 Å². The second kappa shape index (κ2) is 9.05. The van der Waals surface area contributed by atoms with E-state index in [9.17, 15) is 9.59 Å². The fourth-order valence-electron chi connectivity index (χ4n) is 3.66. The van der Waals surface area contributed by atoms with Crippen LogP contribution >= 0.6 is 0 Å². The van der Waals surface area contributed by atoms with E-state index in [1.807, 2.05) is 30.3 Å². The molecule has 1 aromatic carbocycles. The summed E-state index contributed by atoms with van der Waals surface area (Å²) >= 11 is 0. The van der Waals surface area contributed by atoms with Crippen molar-refractivity contribution in [1.82, 2.24) is 10.3 Å². The number of carbonyl (C=O) groups is 2. The molecule has 29 heavy (non-hydrogen) atoms. The van der Waals surface area contributed by atoms with Crippen molar-refractivity contribution in [2.75, 3.05) is 31.2 Å². The molecule has 0 radical (unpaired) electrons. The van der Waals surface area contributed by atoms with E-state index in [1.165, 1.54) is 6.20 Å². The van der Waals surface area contributed by atoms with Crippen LogP contribution in [0.2, 0.25) is 0 Å². The predicted molar refractivity (Wildman–Crippen MR) is 108 cm³/mol. The summed E-state index contributed by atoms with van der Waals surface area (Å²) in [6.45, 7) is 2.47. The second-order valence-electron chi connectivity index (χ2n) is 7.43. The fourth-order valence-corrected chi connectivity index (χ4v) is 3.66. The molecule has 0 saturated carbocycles. The van der Waals surface area contributed by atoms with Gasteiger partial charge in [0.15, 0.2) is 0 Å². The summed E-state index contributed by atoms with van der Waals surface area (Å²) in [4.78, 5) is 30.7. The van der Waals surface area contributed by atoms with Crippen LogP contribution in [-0.4, -0.2) is 49.2 Å². The minimum absolute atomic E-state index is 0.0896. The molecule has 2 saturated heterocycles. The lowest BCUT2D eigenvalue weighted by molar-refractivity contribution is -0.117. The molecule has 0 bridgehead atoms. The number of nitrogens with one attached hydrogen (secondary N) is 1. The summed E-state index contributed by atoms with van der Waals surface area (Å²) in [6, 6.07) is 13.0. The zero-order valence-electron chi connectivity index (χ0n) is 16.3. The number of aromatic nitrogens is 1. The number of nitrogens with zero attached hydrogens (tertiary/aromatic N) is 2. The molecule has 152 valence electrons. The number of amides is 2. The van der Waals surface area contributed by atoms with Crippen molar-refractivity contribution in [3.05, 3.63) is 54.2 Å². The van der Waals surface area contributed by atoms with E-state index in [4.69, 9.17) is 9.47 Å². The zero-order valence-corrected chi connectivity index (χ0v) is 16.3. The van der Waals surface area contributed by atoms with Crippen molar-refractivity contribution in [3.63, 3.8) is 0 Å². The summed E-state index contributed by atoms with van der Waals surface area (Å²) < 4.78 is 11.1. The average Bonchev–Trinajstić information content (AvgIpc) is 3.14. The fraction of sp³-hybridized carbons (Fsp3) is 0.409. The van der Waals surface area contributed by atoms with E-state index in [0.717, 1.165) is 18.5 Å². The summed E-state index contributed by atoms with van der Waals surface area (Å²) in [6.07, 6.45) is 3.78. The van der Waals surface area contributed by atoms with Gasteiger partial charge in [0, 0.05) is 56.2 Å². The lowest BCUT2D eigenvalue weighted by atomic mass is 10.1. The topological polar surface area (TPSA) is 80.8 Å². The van der Waals surface area contributed by atoms with E-state index in [-0.39, 0.29) is 23.8 Å². The first kappa shape index (κ1) is 19.4. The molecule has 2 aliphatic heterocycles. The van der Waals surface area contributed by atoms with E-state index < -0.39 is 0 Å². The van der Waals surface area contributed by atoms with Crippen molar-refractivity contribution >= 4 is 17.5 Å². The molecule has 1 atom stereocenters. The minimum Gasteiger partial charge on any atom is -0.474 e. The number of rotatable bonds is 6. The van der Waals surface area contributed by atoms with Crippen LogP contribution in [0.25, 0.3) is 0 Å². The third-order valence-electron chi connectivity index (χ3n) is 5.28. The monoisotopic (exact) mass is 395 g/mol. The van der Waals surface area contributed by atoms with Gasteiger partial charge in [0.25, 0.3) is 5.91 Å². The minimum atomic E-state index is -0.194. The molecule has 7 heteroatoms. The highest BCUT2D eigenvalue weighted by Crippen LogP contribution is 2.24. The first-order valence-electron chi connectivity index (χ1n) is 10.0. The van der Waals surface area contributed by atoms with Crippen LogP contribution in [0, 0.1) is 5.92 Å². The standard InChI is InChI=1S/C22H25N3O4/c26-21-12-16(15-25(21)18-4-2-1-3-5-18)13-24-22(27)17-6-7-20(23-14-17)29-19-8-10-28-11-9-19/h1-7,14,16,19H,8-13,15H2,(H,24,27). The van der Waals surface area contributed by atoms with Gasteiger partial charge < -0.3 is 19.7 Å². The normalized spacial score (nSPS) is 19.9. The highest BCUT2D eigenvalue weighted by Gasteiger charge is 2.30. The molecule has 1 N–H and O–H groups in total. The number of pyridine rings is 1. The van der Waals surface area contributed by atoms with Crippen LogP contribution in [0.1, 0.15) is 29.6 Å². The number of hydrogen-bond acceptors (Lipinski definition) is 5. The largest absolute Gasteiger partial charge is 0.474 e. The molecule has 1 unspecified atom stereocenters. The first-order valence-corrected chi connectivity index (χ1v) is 10.0. The summed E-state index contributed by atoms with van der Waals surface area (Å²) in [5, 5.41) is 2.92. The molecular formula is C22H25N3O4. The van der Waals surface area contributed by atoms with E-state index in [2.05, 4.69) is 10.3 Å². The van der Waals surface area contributed by atoms with Crippen molar-refractivity contribution in [3.8, 4) is 5.88 Å². The van der Waals surface area contributed by atoms with Gasteiger partial charge in [0.1, 0.15) is 6.10 Å². The maximum absolute atomic E-state index is 12.4. The molecule has 2 aliphatic rings. The van der Waals surface area contributed by atoms with Crippen LogP contribution in [-0.2, 0) is 9.53 Å². The van der Waals surface area contributed by atoms with Gasteiger partial charge in [0.05, 0.1) is 18.8 Å². The maximum atomic E-state index is 12.4. The summed E-state index contributed by atoms with van der Waals surface area (Å²) in [5.41, 5.74) is 1.38. The summed E-state index contributed by atoms with van der Waals surface area (Å²) in [7, 11) is 0. The predicted octanol–water partition coefficient (Wildman–Crippen LogP) is 2.42. The van der Waals surface area contributed by atoms with Gasteiger partial charge in [-0.2, -0.15) is 0 Å². The van der Waals surface area contributed by atoms with Gasteiger partial charge in [-0.25, -0.2) is 4.98 Å². The Kier molecular flexibility index (Phi) is 6.05. The smallest absolute Gasteiger partial charge is 0.252 e. The molecule has 0 spiro atoms. The molecule has 2 amide bonds. The molecule has 2 fully saturated rings. The van der Waals surface area contributed by atoms with Gasteiger partial charge in [0.2, 0.25) is 11.8 Å². The van der Waals surface area contributed by atoms with Gasteiger partial charge >= 0.3 is 0 Å². The van der Waals surface area contributed by atoms with Crippen molar-refractivity contribution in [2.24, 2.45) is 5.92 Å². The Hall–Kier alpha value is -2.93. The molecule has 0 aliphatic carbocycles. The quantitative estimate of drug-likeness (QED) is 0.813. The molecule has 3 heterocycles. The molecule has 4 rings (SSSR count). The van der Waals surface area contributed by atoms with E-state index in [1.54, 1.807) is 17.0 Å². The molecule has 2 aromatic rings. The Bertz CT molecular complexity index is 835.